The van der Waals surface area contributed by atoms with Crippen LogP contribution in [-0.2, 0) is 14.9 Å². The lowest BCUT2D eigenvalue weighted by Crippen LogP contribution is -2.55. The molecule has 0 atom stereocenters. The van der Waals surface area contributed by atoms with E-state index in [1.807, 2.05) is 4.90 Å². The fourth-order valence-electron chi connectivity index (χ4n) is 3.66. The zero-order valence-corrected chi connectivity index (χ0v) is 18.8. The Labute approximate surface area is 178 Å². The van der Waals surface area contributed by atoms with Crippen LogP contribution in [0.2, 0.25) is 0 Å². The first kappa shape index (κ1) is 22.1. The Morgan fingerprint density at radius 2 is 1.90 bits per heavy atom. The predicted molar refractivity (Wildman–Crippen MR) is 119 cm³/mol. The van der Waals surface area contributed by atoms with Gasteiger partial charge in [-0.15, -0.1) is 11.3 Å². The number of ether oxygens (including phenoxy) is 1. The van der Waals surface area contributed by atoms with Crippen molar-refractivity contribution in [3.8, 4) is 0 Å². The van der Waals surface area contributed by atoms with Gasteiger partial charge < -0.3 is 19.9 Å². The molecule has 3 heterocycles. The van der Waals surface area contributed by atoms with Crippen molar-refractivity contribution in [2.24, 2.45) is 4.99 Å². The van der Waals surface area contributed by atoms with Crippen molar-refractivity contribution in [1.82, 2.24) is 20.0 Å². The minimum Gasteiger partial charge on any atom is -0.378 e. The van der Waals surface area contributed by atoms with Crippen LogP contribution in [0.15, 0.2) is 22.5 Å². The highest BCUT2D eigenvalue weighted by Gasteiger charge is 2.26. The summed E-state index contributed by atoms with van der Waals surface area (Å²) in [5.41, 5.74) is 0.0290. The van der Waals surface area contributed by atoms with Crippen LogP contribution in [0.1, 0.15) is 25.6 Å². The summed E-state index contributed by atoms with van der Waals surface area (Å²) < 4.78 is 5.34. The van der Waals surface area contributed by atoms with Gasteiger partial charge in [0, 0.05) is 56.1 Å². The van der Waals surface area contributed by atoms with Crippen LogP contribution < -0.4 is 5.32 Å². The number of amides is 1. The minimum atomic E-state index is 0.0290. The van der Waals surface area contributed by atoms with Crippen LogP contribution in [0.5, 0.6) is 0 Å². The second kappa shape index (κ2) is 10.4. The molecule has 1 aromatic rings. The number of carbonyl (C=O) groups is 1. The maximum atomic E-state index is 12.5. The molecule has 2 saturated heterocycles. The molecule has 0 spiro atoms. The van der Waals surface area contributed by atoms with Gasteiger partial charge in [-0.25, -0.2) is 0 Å². The first-order chi connectivity index (χ1) is 14.0. The van der Waals surface area contributed by atoms with Gasteiger partial charge in [0.25, 0.3) is 0 Å². The number of nitrogens with one attached hydrogen (secondary N) is 1. The predicted octanol–water partition coefficient (Wildman–Crippen LogP) is 1.47. The Bertz CT molecular complexity index is 663. The van der Waals surface area contributed by atoms with Gasteiger partial charge in [-0.3, -0.25) is 14.7 Å². The lowest BCUT2D eigenvalue weighted by atomic mass is 9.92. The van der Waals surface area contributed by atoms with E-state index in [1.54, 1.807) is 11.3 Å². The number of guanidine groups is 1. The third-order valence-electron chi connectivity index (χ3n) is 5.54. The average molecular weight is 422 g/mol. The summed E-state index contributed by atoms with van der Waals surface area (Å²) in [6.45, 7) is 15.0. The quantitative estimate of drug-likeness (QED) is 0.557. The van der Waals surface area contributed by atoms with E-state index in [-0.39, 0.29) is 11.3 Å². The summed E-state index contributed by atoms with van der Waals surface area (Å²) in [7, 11) is 0. The molecular weight excluding hydrogens is 386 g/mol. The Balaban J connectivity index is 1.52. The molecular formula is C21H35N5O2S. The van der Waals surface area contributed by atoms with Gasteiger partial charge in [-0.2, -0.15) is 0 Å². The highest BCUT2D eigenvalue weighted by molar-refractivity contribution is 7.10. The second-order valence-corrected chi connectivity index (χ2v) is 9.24. The maximum Gasteiger partial charge on any atom is 0.236 e. The molecule has 1 amide bonds. The monoisotopic (exact) mass is 421 g/mol. The van der Waals surface area contributed by atoms with E-state index >= 15 is 0 Å². The van der Waals surface area contributed by atoms with Crippen molar-refractivity contribution < 1.29 is 9.53 Å². The molecule has 0 bridgehead atoms. The summed E-state index contributed by atoms with van der Waals surface area (Å²) in [6, 6.07) is 4.30. The molecule has 0 aromatic carbocycles. The fraction of sp³-hybridized carbons (Fsp3) is 0.714. The van der Waals surface area contributed by atoms with E-state index in [0.29, 0.717) is 19.8 Å². The smallest absolute Gasteiger partial charge is 0.236 e. The van der Waals surface area contributed by atoms with E-state index in [4.69, 9.17) is 9.73 Å². The molecule has 1 aromatic heterocycles. The number of rotatable bonds is 6. The van der Waals surface area contributed by atoms with E-state index < -0.39 is 0 Å². The van der Waals surface area contributed by atoms with Gasteiger partial charge in [0.15, 0.2) is 5.96 Å². The Kier molecular flexibility index (Phi) is 7.91. The minimum absolute atomic E-state index is 0.0290. The molecule has 3 rings (SSSR count). The normalized spacial score (nSPS) is 19.5. The largest absolute Gasteiger partial charge is 0.378 e. The van der Waals surface area contributed by atoms with Crippen molar-refractivity contribution >= 4 is 23.2 Å². The zero-order chi connectivity index (χ0) is 20.7. The molecule has 162 valence electrons. The number of carbonyl (C=O) groups excluding carboxylic acids is 1. The first-order valence-electron chi connectivity index (χ1n) is 10.6. The van der Waals surface area contributed by atoms with E-state index in [0.717, 1.165) is 58.3 Å². The Morgan fingerprint density at radius 1 is 1.17 bits per heavy atom. The first-order valence-corrected chi connectivity index (χ1v) is 11.5. The SMILES string of the molecule is CCNC(=NCC(C)(C)c1cccs1)N1CCN(CC(=O)N2CCOCC2)CC1. The molecule has 0 saturated carbocycles. The number of thiophene rings is 1. The van der Waals surface area contributed by atoms with Crippen molar-refractivity contribution in [2.75, 3.05) is 72.1 Å². The number of hydrogen-bond acceptors (Lipinski definition) is 5. The van der Waals surface area contributed by atoms with E-state index in [1.165, 1.54) is 4.88 Å². The molecule has 2 aliphatic heterocycles. The maximum absolute atomic E-state index is 12.5. The highest BCUT2D eigenvalue weighted by atomic mass is 32.1. The number of nitrogens with zero attached hydrogens (tertiary/aromatic N) is 4. The van der Waals surface area contributed by atoms with E-state index in [9.17, 15) is 4.79 Å². The third kappa shape index (κ3) is 6.17. The van der Waals surface area contributed by atoms with Gasteiger partial charge in [0.1, 0.15) is 0 Å². The van der Waals surface area contributed by atoms with Crippen molar-refractivity contribution in [3.05, 3.63) is 22.4 Å². The van der Waals surface area contributed by atoms with Gasteiger partial charge in [0.05, 0.1) is 26.3 Å². The van der Waals surface area contributed by atoms with Crippen LogP contribution in [0.3, 0.4) is 0 Å². The lowest BCUT2D eigenvalue weighted by molar-refractivity contribution is -0.136. The van der Waals surface area contributed by atoms with E-state index in [2.05, 4.69) is 53.4 Å². The van der Waals surface area contributed by atoms with Crippen molar-refractivity contribution in [3.63, 3.8) is 0 Å². The summed E-state index contributed by atoms with van der Waals surface area (Å²) in [4.78, 5) is 25.3. The third-order valence-corrected chi connectivity index (χ3v) is 6.78. The van der Waals surface area contributed by atoms with Crippen LogP contribution >= 0.6 is 11.3 Å². The highest BCUT2D eigenvalue weighted by Crippen LogP contribution is 2.27. The van der Waals surface area contributed by atoms with Crippen molar-refractivity contribution in [2.45, 2.75) is 26.2 Å². The number of hydrogen-bond donors (Lipinski definition) is 1. The standard InChI is InChI=1S/C21H35N5O2S/c1-4-22-20(23-17-21(2,3)18-6-5-15-29-18)26-9-7-24(8-10-26)16-19(27)25-11-13-28-14-12-25/h5-6,15H,4,7-14,16-17H2,1-3H3,(H,22,23). The fourth-order valence-corrected chi connectivity index (χ4v) is 4.51. The molecule has 7 nitrogen and oxygen atoms in total. The van der Waals surface area contributed by atoms with Gasteiger partial charge in [-0.05, 0) is 18.4 Å². The number of aliphatic imine (C=N–C) groups is 1. The molecule has 0 unspecified atom stereocenters. The lowest BCUT2D eigenvalue weighted by Gasteiger charge is -2.37. The topological polar surface area (TPSA) is 60.4 Å². The average Bonchev–Trinajstić information content (AvgIpc) is 3.28. The van der Waals surface area contributed by atoms with Crippen LogP contribution in [-0.4, -0.2) is 98.7 Å². The van der Waals surface area contributed by atoms with Crippen molar-refractivity contribution in [1.29, 1.82) is 0 Å². The molecule has 2 fully saturated rings. The Morgan fingerprint density at radius 3 is 2.52 bits per heavy atom. The summed E-state index contributed by atoms with van der Waals surface area (Å²) in [5.74, 6) is 1.20. The summed E-state index contributed by atoms with van der Waals surface area (Å²) in [6.07, 6.45) is 0. The molecule has 2 aliphatic rings. The second-order valence-electron chi connectivity index (χ2n) is 8.29. The molecule has 29 heavy (non-hydrogen) atoms. The molecule has 8 heteroatoms. The number of morpholine rings is 1. The van der Waals surface area contributed by atoms with Crippen LogP contribution in [0, 0.1) is 0 Å². The molecule has 0 aliphatic carbocycles. The molecule has 0 radical (unpaired) electrons. The zero-order valence-electron chi connectivity index (χ0n) is 18.0. The van der Waals surface area contributed by atoms with Gasteiger partial charge >= 0.3 is 0 Å². The molecule has 1 N–H and O–H groups in total. The van der Waals surface area contributed by atoms with Gasteiger partial charge in [-0.1, -0.05) is 19.9 Å². The summed E-state index contributed by atoms with van der Waals surface area (Å²) in [5, 5.41) is 5.58. The Hall–Kier alpha value is -1.64. The summed E-state index contributed by atoms with van der Waals surface area (Å²) >= 11 is 1.79. The van der Waals surface area contributed by atoms with Gasteiger partial charge in [0.2, 0.25) is 5.91 Å². The van der Waals surface area contributed by atoms with Crippen LogP contribution in [0.4, 0.5) is 0 Å². The number of piperazine rings is 1. The van der Waals surface area contributed by atoms with Crippen LogP contribution in [0.25, 0.3) is 0 Å².